The molecule has 1 aromatic heterocycles. The Hall–Kier alpha value is -2.35. The molecule has 1 N–H and O–H groups in total. The fraction of sp³-hybridized carbons (Fsp3) is 0.375. The molecule has 126 valence electrons. The summed E-state index contributed by atoms with van der Waals surface area (Å²) in [6, 6.07) is 5.55. The highest BCUT2D eigenvalue weighted by atomic mass is 32.1. The molecule has 2 heterocycles. The van der Waals surface area contributed by atoms with E-state index in [0.29, 0.717) is 23.7 Å². The van der Waals surface area contributed by atoms with Crippen molar-refractivity contribution in [3.8, 4) is 0 Å². The molecule has 2 amide bonds. The summed E-state index contributed by atoms with van der Waals surface area (Å²) < 4.78 is 13.2. The number of halogens is 1. The Balaban J connectivity index is 1.73. The molecule has 0 spiro atoms. The SMILES string of the molecule is CCC(=O)N1CCCC1c1nnc(C(=O)Nc2cccc(F)c2)s1. The number of nitrogens with one attached hydrogen (secondary N) is 1. The van der Waals surface area contributed by atoms with Gasteiger partial charge in [0.15, 0.2) is 0 Å². The van der Waals surface area contributed by atoms with Crippen molar-refractivity contribution in [3.05, 3.63) is 40.1 Å². The summed E-state index contributed by atoms with van der Waals surface area (Å²) in [6.45, 7) is 2.54. The van der Waals surface area contributed by atoms with Crippen LogP contribution in [0.3, 0.4) is 0 Å². The van der Waals surface area contributed by atoms with Crippen LogP contribution in [0.1, 0.15) is 47.0 Å². The van der Waals surface area contributed by atoms with Crippen LogP contribution in [0.4, 0.5) is 10.1 Å². The molecule has 1 aliphatic heterocycles. The Morgan fingerprint density at radius 2 is 2.25 bits per heavy atom. The molecule has 1 aromatic carbocycles. The maximum atomic E-state index is 13.2. The van der Waals surface area contributed by atoms with Gasteiger partial charge in [0.1, 0.15) is 10.8 Å². The number of hydrogen-bond donors (Lipinski definition) is 1. The Bertz CT molecular complexity index is 764. The summed E-state index contributed by atoms with van der Waals surface area (Å²) in [5.74, 6) is -0.778. The molecule has 6 nitrogen and oxygen atoms in total. The van der Waals surface area contributed by atoms with Crippen LogP contribution in [0, 0.1) is 5.82 Å². The van der Waals surface area contributed by atoms with Gasteiger partial charge in [-0.05, 0) is 31.0 Å². The highest BCUT2D eigenvalue weighted by molar-refractivity contribution is 7.13. The van der Waals surface area contributed by atoms with Gasteiger partial charge in [-0.15, -0.1) is 10.2 Å². The van der Waals surface area contributed by atoms with E-state index in [1.165, 1.54) is 29.5 Å². The van der Waals surface area contributed by atoms with Gasteiger partial charge in [0.05, 0.1) is 6.04 Å². The van der Waals surface area contributed by atoms with Crippen LogP contribution in [-0.2, 0) is 4.79 Å². The number of likely N-dealkylation sites (tertiary alicyclic amines) is 1. The Kier molecular flexibility index (Phi) is 4.84. The molecule has 1 saturated heterocycles. The van der Waals surface area contributed by atoms with E-state index in [0.717, 1.165) is 12.8 Å². The fourth-order valence-corrected chi connectivity index (χ4v) is 3.62. The van der Waals surface area contributed by atoms with Crippen molar-refractivity contribution < 1.29 is 14.0 Å². The van der Waals surface area contributed by atoms with Crippen molar-refractivity contribution >= 4 is 28.8 Å². The van der Waals surface area contributed by atoms with Gasteiger partial charge in [-0.3, -0.25) is 9.59 Å². The molecule has 1 unspecified atom stereocenters. The molecule has 24 heavy (non-hydrogen) atoms. The number of rotatable bonds is 4. The van der Waals surface area contributed by atoms with Crippen LogP contribution in [0.2, 0.25) is 0 Å². The Morgan fingerprint density at radius 3 is 3.00 bits per heavy atom. The van der Waals surface area contributed by atoms with Crippen LogP contribution >= 0.6 is 11.3 Å². The molecule has 0 saturated carbocycles. The number of nitrogens with zero attached hydrogens (tertiary/aromatic N) is 3. The summed E-state index contributed by atoms with van der Waals surface area (Å²) in [7, 11) is 0. The van der Waals surface area contributed by atoms with E-state index in [1.807, 2.05) is 6.92 Å². The number of aromatic nitrogens is 2. The normalized spacial score (nSPS) is 17.1. The zero-order valence-corrected chi connectivity index (χ0v) is 14.0. The summed E-state index contributed by atoms with van der Waals surface area (Å²) in [5, 5.41) is 11.5. The first kappa shape index (κ1) is 16.5. The molecular weight excluding hydrogens is 331 g/mol. The topological polar surface area (TPSA) is 75.2 Å². The zero-order chi connectivity index (χ0) is 17.1. The third kappa shape index (κ3) is 3.43. The summed E-state index contributed by atoms with van der Waals surface area (Å²) in [6.07, 6.45) is 2.19. The first-order valence-electron chi connectivity index (χ1n) is 7.78. The predicted octanol–water partition coefficient (Wildman–Crippen LogP) is 3.00. The largest absolute Gasteiger partial charge is 0.333 e. The molecule has 0 bridgehead atoms. The molecule has 0 radical (unpaired) electrons. The van der Waals surface area contributed by atoms with Crippen LogP contribution in [0.5, 0.6) is 0 Å². The van der Waals surface area contributed by atoms with E-state index in [9.17, 15) is 14.0 Å². The minimum absolute atomic E-state index is 0.0819. The molecule has 1 fully saturated rings. The molecule has 1 aliphatic rings. The number of amides is 2. The van der Waals surface area contributed by atoms with Gasteiger partial charge in [0, 0.05) is 18.7 Å². The van der Waals surface area contributed by atoms with Crippen LogP contribution in [-0.4, -0.2) is 33.5 Å². The van der Waals surface area contributed by atoms with Gasteiger partial charge >= 0.3 is 0 Å². The summed E-state index contributed by atoms with van der Waals surface area (Å²) >= 11 is 1.17. The smallest absolute Gasteiger partial charge is 0.286 e. The lowest BCUT2D eigenvalue weighted by atomic mass is 10.2. The number of benzene rings is 1. The van der Waals surface area contributed by atoms with Crippen molar-refractivity contribution in [1.29, 1.82) is 0 Å². The number of carbonyl (C=O) groups excluding carboxylic acids is 2. The lowest BCUT2D eigenvalue weighted by molar-refractivity contribution is -0.131. The van der Waals surface area contributed by atoms with Gasteiger partial charge < -0.3 is 10.2 Å². The Labute approximate surface area is 142 Å². The van der Waals surface area contributed by atoms with E-state index in [1.54, 1.807) is 11.0 Å². The second kappa shape index (κ2) is 7.04. The molecular formula is C16H17FN4O2S. The maximum absolute atomic E-state index is 13.2. The standard InChI is InChI=1S/C16H17FN4O2S/c1-2-13(22)21-8-4-7-12(21)15-19-20-16(24-15)14(23)18-11-6-3-5-10(17)9-11/h3,5-6,9,12H,2,4,7-8H2,1H3,(H,18,23). The van der Waals surface area contributed by atoms with E-state index < -0.39 is 11.7 Å². The highest BCUT2D eigenvalue weighted by Crippen LogP contribution is 2.34. The van der Waals surface area contributed by atoms with Gasteiger partial charge in [0.2, 0.25) is 10.9 Å². The van der Waals surface area contributed by atoms with E-state index >= 15 is 0 Å². The molecule has 0 aliphatic carbocycles. The van der Waals surface area contributed by atoms with Crippen molar-refractivity contribution in [3.63, 3.8) is 0 Å². The first-order chi connectivity index (χ1) is 11.6. The second-order valence-electron chi connectivity index (χ2n) is 5.51. The maximum Gasteiger partial charge on any atom is 0.286 e. The monoisotopic (exact) mass is 348 g/mol. The van der Waals surface area contributed by atoms with Gasteiger partial charge in [-0.1, -0.05) is 24.3 Å². The summed E-state index contributed by atoms with van der Waals surface area (Å²) in [5.41, 5.74) is 0.361. The van der Waals surface area contributed by atoms with Gasteiger partial charge in [-0.25, -0.2) is 4.39 Å². The van der Waals surface area contributed by atoms with Crippen molar-refractivity contribution in [2.45, 2.75) is 32.2 Å². The third-order valence-corrected chi connectivity index (χ3v) is 4.90. The van der Waals surface area contributed by atoms with Crippen molar-refractivity contribution in [2.24, 2.45) is 0 Å². The second-order valence-corrected chi connectivity index (χ2v) is 6.52. The number of anilines is 1. The predicted molar refractivity (Wildman–Crippen MR) is 88.2 cm³/mol. The Morgan fingerprint density at radius 1 is 1.42 bits per heavy atom. The fourth-order valence-electron chi connectivity index (χ4n) is 2.74. The van der Waals surface area contributed by atoms with E-state index in [-0.39, 0.29) is 17.0 Å². The molecule has 8 heteroatoms. The van der Waals surface area contributed by atoms with Crippen LogP contribution in [0.15, 0.2) is 24.3 Å². The van der Waals surface area contributed by atoms with E-state index in [4.69, 9.17) is 0 Å². The van der Waals surface area contributed by atoms with Crippen LogP contribution < -0.4 is 5.32 Å². The van der Waals surface area contributed by atoms with Crippen molar-refractivity contribution in [1.82, 2.24) is 15.1 Å². The third-order valence-electron chi connectivity index (χ3n) is 3.88. The quantitative estimate of drug-likeness (QED) is 0.922. The minimum atomic E-state index is -0.435. The number of hydrogen-bond acceptors (Lipinski definition) is 5. The molecule has 2 aromatic rings. The van der Waals surface area contributed by atoms with Crippen molar-refractivity contribution in [2.75, 3.05) is 11.9 Å². The average molecular weight is 348 g/mol. The van der Waals surface area contributed by atoms with Gasteiger partial charge in [0.25, 0.3) is 5.91 Å². The average Bonchev–Trinajstić information content (AvgIpc) is 3.23. The zero-order valence-electron chi connectivity index (χ0n) is 13.2. The van der Waals surface area contributed by atoms with Crippen LogP contribution in [0.25, 0.3) is 0 Å². The van der Waals surface area contributed by atoms with E-state index in [2.05, 4.69) is 15.5 Å². The lowest BCUT2D eigenvalue weighted by Crippen LogP contribution is -2.29. The molecule has 1 atom stereocenters. The van der Waals surface area contributed by atoms with Gasteiger partial charge in [-0.2, -0.15) is 0 Å². The molecule has 3 rings (SSSR count). The highest BCUT2D eigenvalue weighted by Gasteiger charge is 2.32. The first-order valence-corrected chi connectivity index (χ1v) is 8.60. The lowest BCUT2D eigenvalue weighted by Gasteiger charge is -2.21. The minimum Gasteiger partial charge on any atom is -0.333 e. The summed E-state index contributed by atoms with van der Waals surface area (Å²) in [4.78, 5) is 26.0. The number of carbonyl (C=O) groups is 2.